The van der Waals surface area contributed by atoms with Crippen molar-refractivity contribution in [3.63, 3.8) is 0 Å². The van der Waals surface area contributed by atoms with Crippen LogP contribution in [0, 0.1) is 17.8 Å². The smallest absolute Gasteiger partial charge is 0.307 e. The maximum absolute atomic E-state index is 12.8. The molecule has 3 N–H and O–H groups in total. The van der Waals surface area contributed by atoms with E-state index < -0.39 is 13.5 Å². The van der Waals surface area contributed by atoms with Crippen molar-refractivity contribution >= 4 is 18.8 Å². The van der Waals surface area contributed by atoms with Gasteiger partial charge in [-0.2, -0.15) is 0 Å². The SMILES string of the molecule is O=C(O)C/C=C\C[C@H]1[C@@H]2CC[C@@H](C2)[C@@H]1NP(=O)(O)c1ccccc1. The molecule has 5 atom stereocenters. The third-order valence-electron chi connectivity index (χ3n) is 5.39. The van der Waals surface area contributed by atoms with E-state index in [1.165, 1.54) is 6.42 Å². The Bertz CT molecular complexity index is 660. The lowest BCUT2D eigenvalue weighted by molar-refractivity contribution is -0.136. The van der Waals surface area contributed by atoms with Crippen molar-refractivity contribution in [3.8, 4) is 0 Å². The summed E-state index contributed by atoms with van der Waals surface area (Å²) >= 11 is 0. The van der Waals surface area contributed by atoms with Crippen LogP contribution < -0.4 is 10.4 Å². The number of hydrogen-bond acceptors (Lipinski definition) is 2. The fourth-order valence-corrected chi connectivity index (χ4v) is 5.83. The molecule has 130 valence electrons. The zero-order valence-electron chi connectivity index (χ0n) is 13.5. The Kier molecular flexibility index (Phi) is 5.24. The number of nitrogens with one attached hydrogen (secondary N) is 1. The van der Waals surface area contributed by atoms with E-state index in [0.29, 0.717) is 23.1 Å². The first-order valence-corrected chi connectivity index (χ1v) is 10.2. The fourth-order valence-electron chi connectivity index (χ4n) is 4.29. The summed E-state index contributed by atoms with van der Waals surface area (Å²) in [6.07, 6.45) is 7.76. The molecular weight excluding hydrogens is 325 g/mol. The molecule has 0 amide bonds. The van der Waals surface area contributed by atoms with Crippen LogP contribution in [0.2, 0.25) is 0 Å². The van der Waals surface area contributed by atoms with E-state index in [9.17, 15) is 14.3 Å². The molecule has 2 bridgehead atoms. The van der Waals surface area contributed by atoms with Crippen molar-refractivity contribution in [2.45, 2.75) is 38.1 Å². The van der Waals surface area contributed by atoms with Gasteiger partial charge in [-0.3, -0.25) is 9.36 Å². The second-order valence-electron chi connectivity index (χ2n) is 6.87. The first-order chi connectivity index (χ1) is 11.5. The van der Waals surface area contributed by atoms with E-state index in [4.69, 9.17) is 5.11 Å². The molecule has 0 aliphatic heterocycles. The number of fused-ring (bicyclic) bond motifs is 2. The fraction of sp³-hybridized carbons (Fsp3) is 0.500. The highest BCUT2D eigenvalue weighted by atomic mass is 31.2. The minimum atomic E-state index is -3.58. The highest BCUT2D eigenvalue weighted by Gasteiger charge is 2.48. The van der Waals surface area contributed by atoms with Crippen LogP contribution in [0.15, 0.2) is 42.5 Å². The van der Waals surface area contributed by atoms with Gasteiger partial charge in [0.2, 0.25) is 0 Å². The molecule has 6 heteroatoms. The van der Waals surface area contributed by atoms with Gasteiger partial charge in [-0.15, -0.1) is 0 Å². The van der Waals surface area contributed by atoms with Gasteiger partial charge in [0.1, 0.15) is 0 Å². The topological polar surface area (TPSA) is 86.6 Å². The van der Waals surface area contributed by atoms with Gasteiger partial charge in [0.25, 0.3) is 7.52 Å². The highest BCUT2D eigenvalue weighted by molar-refractivity contribution is 7.64. The molecular formula is C18H24NO4P. The molecule has 1 aromatic carbocycles. The summed E-state index contributed by atoms with van der Waals surface area (Å²) in [6, 6.07) is 8.76. The Labute approximate surface area is 142 Å². The number of aliphatic carboxylic acids is 1. The largest absolute Gasteiger partial charge is 0.481 e. The van der Waals surface area contributed by atoms with Crippen molar-refractivity contribution in [3.05, 3.63) is 42.5 Å². The van der Waals surface area contributed by atoms with Gasteiger partial charge in [-0.05, 0) is 55.6 Å². The van der Waals surface area contributed by atoms with Gasteiger partial charge in [0.05, 0.1) is 11.7 Å². The molecule has 0 spiro atoms. The second kappa shape index (κ2) is 7.22. The Morgan fingerprint density at radius 1 is 1.21 bits per heavy atom. The monoisotopic (exact) mass is 349 g/mol. The zero-order valence-corrected chi connectivity index (χ0v) is 14.4. The average Bonchev–Trinajstić information content (AvgIpc) is 3.14. The summed E-state index contributed by atoms with van der Waals surface area (Å²) < 4.78 is 12.8. The Hall–Kier alpha value is -1.42. The van der Waals surface area contributed by atoms with E-state index in [1.807, 2.05) is 12.1 Å². The molecule has 3 rings (SSSR count). The molecule has 0 heterocycles. The van der Waals surface area contributed by atoms with Gasteiger partial charge >= 0.3 is 5.97 Å². The lowest BCUT2D eigenvalue weighted by Gasteiger charge is -2.32. The van der Waals surface area contributed by atoms with Crippen molar-refractivity contribution < 1.29 is 19.4 Å². The van der Waals surface area contributed by atoms with E-state index in [1.54, 1.807) is 30.3 Å². The molecule has 1 aromatic rings. The molecule has 2 fully saturated rings. The maximum Gasteiger partial charge on any atom is 0.307 e. The van der Waals surface area contributed by atoms with Crippen LogP contribution in [0.25, 0.3) is 0 Å². The first kappa shape index (κ1) is 17.4. The lowest BCUT2D eigenvalue weighted by Crippen LogP contribution is -2.40. The lowest BCUT2D eigenvalue weighted by atomic mass is 9.83. The number of hydrogen-bond donors (Lipinski definition) is 3. The Morgan fingerprint density at radius 2 is 1.92 bits per heavy atom. The van der Waals surface area contributed by atoms with E-state index in [0.717, 1.165) is 19.3 Å². The minimum absolute atomic E-state index is 0.0225. The zero-order chi connectivity index (χ0) is 17.2. The summed E-state index contributed by atoms with van der Waals surface area (Å²) in [5, 5.41) is 12.2. The van der Waals surface area contributed by atoms with Gasteiger partial charge in [-0.1, -0.05) is 30.4 Å². The van der Waals surface area contributed by atoms with Crippen LogP contribution in [-0.2, 0) is 9.36 Å². The molecule has 0 saturated heterocycles. The normalized spacial score (nSPS) is 31.4. The van der Waals surface area contributed by atoms with E-state index >= 15 is 0 Å². The molecule has 2 aliphatic carbocycles. The molecule has 24 heavy (non-hydrogen) atoms. The number of carbonyl (C=O) groups is 1. The number of benzene rings is 1. The van der Waals surface area contributed by atoms with Crippen LogP contribution in [0.1, 0.15) is 32.1 Å². The number of allylic oxidation sites excluding steroid dienone is 1. The van der Waals surface area contributed by atoms with Crippen LogP contribution in [0.3, 0.4) is 0 Å². The summed E-state index contributed by atoms with van der Waals surface area (Å²) in [7, 11) is -3.58. The van der Waals surface area contributed by atoms with Crippen molar-refractivity contribution in [1.82, 2.24) is 5.09 Å². The van der Waals surface area contributed by atoms with Gasteiger partial charge in [0.15, 0.2) is 0 Å². The van der Waals surface area contributed by atoms with Crippen molar-refractivity contribution in [1.29, 1.82) is 0 Å². The third-order valence-corrected chi connectivity index (χ3v) is 7.03. The maximum atomic E-state index is 12.8. The van der Waals surface area contributed by atoms with Gasteiger partial charge in [-0.25, -0.2) is 5.09 Å². The van der Waals surface area contributed by atoms with Gasteiger partial charge < -0.3 is 10.00 Å². The Morgan fingerprint density at radius 3 is 2.62 bits per heavy atom. The average molecular weight is 349 g/mol. The summed E-state index contributed by atoms with van der Waals surface area (Å²) in [4.78, 5) is 21.1. The molecule has 2 saturated carbocycles. The van der Waals surface area contributed by atoms with Gasteiger partial charge in [0, 0.05) is 6.04 Å². The molecule has 0 radical (unpaired) electrons. The predicted molar refractivity (Wildman–Crippen MR) is 93.2 cm³/mol. The number of rotatable bonds is 7. The summed E-state index contributed by atoms with van der Waals surface area (Å²) in [5.74, 6) is 0.477. The first-order valence-electron chi connectivity index (χ1n) is 8.50. The van der Waals surface area contributed by atoms with Crippen LogP contribution in [-0.4, -0.2) is 22.0 Å². The van der Waals surface area contributed by atoms with Crippen LogP contribution >= 0.6 is 7.52 Å². The number of carboxylic acid groups (broad SMARTS) is 1. The van der Waals surface area contributed by atoms with Crippen molar-refractivity contribution in [2.75, 3.05) is 0 Å². The molecule has 0 aromatic heterocycles. The summed E-state index contributed by atoms with van der Waals surface area (Å²) in [5.41, 5.74) is 0. The molecule has 5 nitrogen and oxygen atoms in total. The van der Waals surface area contributed by atoms with E-state index in [2.05, 4.69) is 5.09 Å². The highest BCUT2D eigenvalue weighted by Crippen LogP contribution is 2.52. The van der Waals surface area contributed by atoms with Crippen LogP contribution in [0.4, 0.5) is 0 Å². The Balaban J connectivity index is 1.69. The summed E-state index contributed by atoms with van der Waals surface area (Å²) in [6.45, 7) is 0. The molecule has 2 aliphatic rings. The third kappa shape index (κ3) is 3.80. The molecule has 1 unspecified atom stereocenters. The van der Waals surface area contributed by atoms with Crippen LogP contribution in [0.5, 0.6) is 0 Å². The number of carboxylic acids is 1. The standard InChI is InChI=1S/C18H24NO4P/c20-17(21)9-5-4-8-16-13-10-11-14(12-13)18(16)19-24(22,23)15-6-2-1-3-7-15/h1-7,13-14,16,18H,8-12H2,(H,20,21)(H2,19,22,23)/b5-4-/t13-,14+,16+,18+/m1/s1. The van der Waals surface area contributed by atoms with E-state index in [-0.39, 0.29) is 12.5 Å². The minimum Gasteiger partial charge on any atom is -0.481 e. The van der Waals surface area contributed by atoms with Crippen molar-refractivity contribution in [2.24, 2.45) is 17.8 Å². The predicted octanol–water partition coefficient (Wildman–Crippen LogP) is 2.92. The second-order valence-corrected chi connectivity index (χ2v) is 8.80. The quantitative estimate of drug-likeness (QED) is 0.520.